The van der Waals surface area contributed by atoms with Crippen LogP contribution in [-0.2, 0) is 9.53 Å². The van der Waals surface area contributed by atoms with E-state index in [2.05, 4.69) is 25.1 Å². The first-order valence-electron chi connectivity index (χ1n) is 12.0. The number of fused-ring (bicyclic) bond motifs is 1. The van der Waals surface area contributed by atoms with Gasteiger partial charge in [0.1, 0.15) is 5.75 Å². The summed E-state index contributed by atoms with van der Waals surface area (Å²) in [5.74, 6) is 0.629. The zero-order chi connectivity index (χ0) is 25.0. The number of carbonyl (C=O) groups is 1. The average molecular weight is 483 g/mol. The lowest BCUT2D eigenvalue weighted by Crippen LogP contribution is -2.43. The molecule has 0 atom stereocenters. The van der Waals surface area contributed by atoms with Crippen molar-refractivity contribution in [2.45, 2.75) is 39.7 Å². The molecule has 2 N–H and O–H groups in total. The summed E-state index contributed by atoms with van der Waals surface area (Å²) >= 11 is 0. The lowest BCUT2D eigenvalue weighted by atomic mass is 9.91. The fourth-order valence-electron chi connectivity index (χ4n) is 4.51. The van der Waals surface area contributed by atoms with Crippen LogP contribution < -0.4 is 10.1 Å². The van der Waals surface area contributed by atoms with Crippen molar-refractivity contribution in [3.8, 4) is 17.0 Å². The molecule has 0 saturated carbocycles. The maximum atomic E-state index is 11.5. The van der Waals surface area contributed by atoms with Crippen LogP contribution in [0.25, 0.3) is 22.3 Å². The predicted molar refractivity (Wildman–Crippen MR) is 134 cm³/mol. The summed E-state index contributed by atoms with van der Waals surface area (Å²) in [4.78, 5) is 13.8. The Labute approximate surface area is 205 Å². The minimum absolute atomic E-state index is 0.145. The third-order valence-electron chi connectivity index (χ3n) is 6.39. The second kappa shape index (κ2) is 10.6. The van der Waals surface area contributed by atoms with Gasteiger partial charge < -0.3 is 24.8 Å². The number of rotatable bonds is 10. The van der Waals surface area contributed by atoms with E-state index in [-0.39, 0.29) is 12.8 Å². The Kier molecular flexibility index (Phi) is 7.51. The van der Waals surface area contributed by atoms with Crippen molar-refractivity contribution in [2.24, 2.45) is 5.41 Å². The molecule has 1 fully saturated rings. The molecule has 1 aromatic carbocycles. The van der Waals surface area contributed by atoms with Crippen LogP contribution >= 0.6 is 0 Å². The topological polar surface area (TPSA) is 115 Å². The highest BCUT2D eigenvalue weighted by Crippen LogP contribution is 2.34. The maximum Gasteiger partial charge on any atom is 0.310 e. The van der Waals surface area contributed by atoms with Crippen LogP contribution in [0.4, 0.5) is 5.82 Å². The molecule has 4 rings (SSSR count). The first-order chi connectivity index (χ1) is 16.8. The van der Waals surface area contributed by atoms with E-state index in [1.165, 1.54) is 0 Å². The van der Waals surface area contributed by atoms with E-state index in [1.807, 2.05) is 37.3 Å². The van der Waals surface area contributed by atoms with Gasteiger partial charge in [-0.2, -0.15) is 5.10 Å². The zero-order valence-corrected chi connectivity index (χ0v) is 20.8. The van der Waals surface area contributed by atoms with Crippen LogP contribution in [-0.4, -0.2) is 76.0 Å². The number of carboxylic acids is 1. The highest BCUT2D eigenvalue weighted by Gasteiger charge is 2.32. The molecule has 35 heavy (non-hydrogen) atoms. The van der Waals surface area contributed by atoms with E-state index in [1.54, 1.807) is 21.0 Å². The standard InChI is InChI=1S/C25H34N6O4/c1-5-26-23-22-20(14-19(27-28-22)18-8-6-7-9-21(18)35-16-34-4)31(29-23)17-10-12-30(13-11-17)15-25(2,3)24(32)33/h6-9,14,17H,5,10-13,15-16H2,1-4H3,(H,26,29)(H,32,33). The van der Waals surface area contributed by atoms with Gasteiger partial charge in [0, 0.05) is 38.9 Å². The number of aliphatic carboxylic acids is 1. The number of anilines is 1. The molecular formula is C25H34N6O4. The number of piperidine rings is 1. The Morgan fingerprint density at radius 2 is 1.97 bits per heavy atom. The van der Waals surface area contributed by atoms with Crippen LogP contribution in [0.5, 0.6) is 5.75 Å². The first kappa shape index (κ1) is 24.9. The Balaban J connectivity index is 1.63. The van der Waals surface area contributed by atoms with Crippen LogP contribution in [0.1, 0.15) is 39.7 Å². The van der Waals surface area contributed by atoms with E-state index in [0.29, 0.717) is 18.0 Å². The molecule has 10 nitrogen and oxygen atoms in total. The van der Waals surface area contributed by atoms with E-state index >= 15 is 0 Å². The molecule has 1 aliphatic heterocycles. The number of aromatic nitrogens is 4. The molecule has 3 heterocycles. The number of hydrogen-bond acceptors (Lipinski definition) is 8. The third kappa shape index (κ3) is 5.38. The van der Waals surface area contributed by atoms with E-state index in [0.717, 1.165) is 54.9 Å². The van der Waals surface area contributed by atoms with E-state index < -0.39 is 11.4 Å². The summed E-state index contributed by atoms with van der Waals surface area (Å²) in [6.45, 7) is 8.62. The molecule has 0 amide bonds. The summed E-state index contributed by atoms with van der Waals surface area (Å²) in [5.41, 5.74) is 2.42. The van der Waals surface area contributed by atoms with Crippen molar-refractivity contribution in [3.05, 3.63) is 30.3 Å². The number of methoxy groups -OCH3 is 1. The second-order valence-corrected chi connectivity index (χ2v) is 9.53. The highest BCUT2D eigenvalue weighted by molar-refractivity contribution is 5.88. The summed E-state index contributed by atoms with van der Waals surface area (Å²) in [6, 6.07) is 9.89. The number of nitrogens with one attached hydrogen (secondary N) is 1. The largest absolute Gasteiger partial charge is 0.481 e. The smallest absolute Gasteiger partial charge is 0.310 e. The molecule has 0 radical (unpaired) electrons. The summed E-state index contributed by atoms with van der Waals surface area (Å²) in [5, 5.41) is 26.7. The molecule has 0 unspecified atom stereocenters. The van der Waals surface area contributed by atoms with Gasteiger partial charge in [-0.25, -0.2) is 0 Å². The Morgan fingerprint density at radius 3 is 2.66 bits per heavy atom. The molecule has 0 aliphatic carbocycles. The van der Waals surface area contributed by atoms with Gasteiger partial charge in [0.05, 0.1) is 22.7 Å². The Hall–Kier alpha value is -3.24. The number of carboxylic acid groups (broad SMARTS) is 1. The first-order valence-corrected chi connectivity index (χ1v) is 12.0. The number of likely N-dealkylation sites (tertiary alicyclic amines) is 1. The fraction of sp³-hybridized carbons (Fsp3) is 0.520. The van der Waals surface area contributed by atoms with E-state index in [9.17, 15) is 9.90 Å². The summed E-state index contributed by atoms with van der Waals surface area (Å²) in [6.07, 6.45) is 1.76. The van der Waals surface area contributed by atoms with Gasteiger partial charge in [-0.05, 0) is 51.8 Å². The van der Waals surface area contributed by atoms with Gasteiger partial charge in [0.15, 0.2) is 18.1 Å². The lowest BCUT2D eigenvalue weighted by molar-refractivity contribution is -0.148. The van der Waals surface area contributed by atoms with Crippen LogP contribution in [0.15, 0.2) is 30.3 Å². The molecule has 0 spiro atoms. The normalized spacial score (nSPS) is 15.4. The average Bonchev–Trinajstić information content (AvgIpc) is 3.21. The minimum Gasteiger partial charge on any atom is -0.481 e. The third-order valence-corrected chi connectivity index (χ3v) is 6.39. The molecule has 1 saturated heterocycles. The van der Waals surface area contributed by atoms with Crippen molar-refractivity contribution in [2.75, 3.05) is 45.4 Å². The lowest BCUT2D eigenvalue weighted by Gasteiger charge is -2.35. The van der Waals surface area contributed by atoms with Crippen LogP contribution in [0.2, 0.25) is 0 Å². The number of benzene rings is 1. The van der Waals surface area contributed by atoms with Crippen molar-refractivity contribution < 1.29 is 19.4 Å². The van der Waals surface area contributed by atoms with Gasteiger partial charge in [-0.15, -0.1) is 10.2 Å². The second-order valence-electron chi connectivity index (χ2n) is 9.53. The molecule has 1 aliphatic rings. The predicted octanol–water partition coefficient (Wildman–Crippen LogP) is 3.66. The van der Waals surface area contributed by atoms with Crippen LogP contribution in [0.3, 0.4) is 0 Å². The number of nitrogens with zero attached hydrogens (tertiary/aromatic N) is 5. The molecule has 10 heteroatoms. The Bertz CT molecular complexity index is 1170. The highest BCUT2D eigenvalue weighted by atomic mass is 16.7. The van der Waals surface area contributed by atoms with Crippen molar-refractivity contribution in [1.29, 1.82) is 0 Å². The number of hydrogen-bond donors (Lipinski definition) is 2. The van der Waals surface area contributed by atoms with Gasteiger partial charge in [-0.3, -0.25) is 9.48 Å². The van der Waals surface area contributed by atoms with E-state index in [4.69, 9.17) is 14.6 Å². The number of para-hydroxylation sites is 1. The van der Waals surface area contributed by atoms with Crippen molar-refractivity contribution in [1.82, 2.24) is 24.9 Å². The molecular weight excluding hydrogens is 448 g/mol. The quantitative estimate of drug-likeness (QED) is 0.418. The number of ether oxygens (including phenoxy) is 2. The summed E-state index contributed by atoms with van der Waals surface area (Å²) in [7, 11) is 1.59. The Morgan fingerprint density at radius 1 is 1.23 bits per heavy atom. The molecule has 0 bridgehead atoms. The molecule has 2 aromatic heterocycles. The monoisotopic (exact) mass is 482 g/mol. The summed E-state index contributed by atoms with van der Waals surface area (Å²) < 4.78 is 12.9. The fourth-order valence-corrected chi connectivity index (χ4v) is 4.51. The van der Waals surface area contributed by atoms with Crippen LogP contribution in [0, 0.1) is 5.41 Å². The van der Waals surface area contributed by atoms with Crippen molar-refractivity contribution in [3.63, 3.8) is 0 Å². The molecule has 188 valence electrons. The van der Waals surface area contributed by atoms with Gasteiger partial charge in [-0.1, -0.05) is 12.1 Å². The molecule has 3 aromatic rings. The van der Waals surface area contributed by atoms with Gasteiger partial charge in [0.2, 0.25) is 0 Å². The SMILES string of the molecule is CCNc1nn(C2CCN(CC(C)(C)C(=O)O)CC2)c2cc(-c3ccccc3OCOC)nnc12. The minimum atomic E-state index is -0.772. The zero-order valence-electron chi connectivity index (χ0n) is 20.8. The van der Waals surface area contributed by atoms with Gasteiger partial charge in [0.25, 0.3) is 0 Å². The van der Waals surface area contributed by atoms with Crippen molar-refractivity contribution >= 4 is 22.8 Å². The maximum absolute atomic E-state index is 11.5. The van der Waals surface area contributed by atoms with Gasteiger partial charge >= 0.3 is 5.97 Å².